The standard InChI is InChI=1S/C13H19ClN2O2/c1-8(2)5-10(4)15-12-7-11(14)13(16(17)18)6-9(12)3/h6-8,10,15H,5H2,1-4H3. The van der Waals surface area contributed by atoms with Gasteiger partial charge in [0.15, 0.2) is 0 Å². The van der Waals surface area contributed by atoms with Crippen molar-refractivity contribution in [2.45, 2.75) is 40.2 Å². The van der Waals surface area contributed by atoms with E-state index in [0.29, 0.717) is 12.0 Å². The van der Waals surface area contributed by atoms with Crippen LogP contribution < -0.4 is 5.32 Å². The van der Waals surface area contributed by atoms with Crippen LogP contribution in [0.3, 0.4) is 0 Å². The lowest BCUT2D eigenvalue weighted by Crippen LogP contribution is -2.18. The van der Waals surface area contributed by atoms with Gasteiger partial charge < -0.3 is 5.32 Å². The van der Waals surface area contributed by atoms with Gasteiger partial charge in [-0.05, 0) is 37.8 Å². The molecule has 1 unspecified atom stereocenters. The quantitative estimate of drug-likeness (QED) is 0.637. The molecule has 0 aliphatic heterocycles. The van der Waals surface area contributed by atoms with Crippen LogP contribution in [0.25, 0.3) is 0 Å². The molecule has 4 nitrogen and oxygen atoms in total. The van der Waals surface area contributed by atoms with Crippen LogP contribution in [0.5, 0.6) is 0 Å². The molecule has 0 bridgehead atoms. The summed E-state index contributed by atoms with van der Waals surface area (Å²) >= 11 is 5.90. The molecule has 1 N–H and O–H groups in total. The summed E-state index contributed by atoms with van der Waals surface area (Å²) in [6.07, 6.45) is 1.04. The molecule has 100 valence electrons. The Morgan fingerprint density at radius 3 is 2.50 bits per heavy atom. The highest BCUT2D eigenvalue weighted by atomic mass is 35.5. The third kappa shape index (κ3) is 3.88. The fourth-order valence-electron chi connectivity index (χ4n) is 1.99. The summed E-state index contributed by atoms with van der Waals surface area (Å²) in [5.41, 5.74) is 1.65. The van der Waals surface area contributed by atoms with Gasteiger partial charge in [-0.1, -0.05) is 25.4 Å². The predicted molar refractivity (Wildman–Crippen MR) is 75.4 cm³/mol. The molecule has 18 heavy (non-hydrogen) atoms. The first-order chi connectivity index (χ1) is 8.31. The van der Waals surface area contributed by atoms with E-state index < -0.39 is 4.92 Å². The number of halogens is 1. The second-order valence-electron chi connectivity index (χ2n) is 5.05. The van der Waals surface area contributed by atoms with Crippen LogP contribution >= 0.6 is 11.6 Å². The summed E-state index contributed by atoms with van der Waals surface area (Å²) in [5, 5.41) is 14.3. The smallest absolute Gasteiger partial charge is 0.288 e. The van der Waals surface area contributed by atoms with E-state index in [-0.39, 0.29) is 10.7 Å². The van der Waals surface area contributed by atoms with Gasteiger partial charge in [0.1, 0.15) is 5.02 Å². The number of nitrogens with one attached hydrogen (secondary N) is 1. The highest BCUT2D eigenvalue weighted by molar-refractivity contribution is 6.33. The fourth-order valence-corrected chi connectivity index (χ4v) is 2.23. The second kappa shape index (κ2) is 6.05. The molecule has 0 fully saturated rings. The van der Waals surface area contributed by atoms with Crippen molar-refractivity contribution in [1.29, 1.82) is 0 Å². The van der Waals surface area contributed by atoms with Crippen LogP contribution in [0.1, 0.15) is 32.8 Å². The van der Waals surface area contributed by atoms with E-state index in [1.54, 1.807) is 6.07 Å². The molecule has 1 atom stereocenters. The number of anilines is 1. The molecule has 1 aromatic carbocycles. The monoisotopic (exact) mass is 270 g/mol. The number of nitro groups is 1. The molecular weight excluding hydrogens is 252 g/mol. The van der Waals surface area contributed by atoms with Gasteiger partial charge in [0.05, 0.1) is 4.92 Å². The van der Waals surface area contributed by atoms with Gasteiger partial charge in [0, 0.05) is 17.8 Å². The van der Waals surface area contributed by atoms with Crippen molar-refractivity contribution in [3.63, 3.8) is 0 Å². The molecule has 0 amide bonds. The van der Waals surface area contributed by atoms with Crippen molar-refractivity contribution >= 4 is 23.0 Å². The maximum atomic E-state index is 10.8. The Balaban J connectivity index is 2.91. The molecule has 0 aliphatic carbocycles. The molecule has 0 radical (unpaired) electrons. The van der Waals surface area contributed by atoms with Crippen LogP contribution in [0.15, 0.2) is 12.1 Å². The molecule has 0 saturated heterocycles. The molecule has 0 aromatic heterocycles. The van der Waals surface area contributed by atoms with Gasteiger partial charge in [0.25, 0.3) is 5.69 Å². The maximum Gasteiger partial charge on any atom is 0.288 e. The molecule has 0 spiro atoms. The van der Waals surface area contributed by atoms with Crippen molar-refractivity contribution in [3.05, 3.63) is 32.8 Å². The first-order valence-electron chi connectivity index (χ1n) is 6.02. The number of benzene rings is 1. The van der Waals surface area contributed by atoms with Gasteiger partial charge in [-0.2, -0.15) is 0 Å². The van der Waals surface area contributed by atoms with Crippen LogP contribution in [-0.4, -0.2) is 11.0 Å². The van der Waals surface area contributed by atoms with Gasteiger partial charge in [-0.25, -0.2) is 0 Å². The van der Waals surface area contributed by atoms with Gasteiger partial charge in [-0.15, -0.1) is 0 Å². The van der Waals surface area contributed by atoms with Crippen molar-refractivity contribution in [2.24, 2.45) is 5.92 Å². The topological polar surface area (TPSA) is 55.2 Å². The molecule has 1 rings (SSSR count). The average Bonchev–Trinajstić information content (AvgIpc) is 2.21. The fraction of sp³-hybridized carbons (Fsp3) is 0.538. The third-order valence-corrected chi connectivity index (χ3v) is 3.02. The summed E-state index contributed by atoms with van der Waals surface area (Å²) in [6, 6.07) is 3.44. The van der Waals surface area contributed by atoms with E-state index in [2.05, 4.69) is 26.1 Å². The molecule has 1 aromatic rings. The molecule has 5 heteroatoms. The number of hydrogen-bond donors (Lipinski definition) is 1. The lowest BCUT2D eigenvalue weighted by atomic mass is 10.0. The van der Waals surface area contributed by atoms with E-state index in [0.717, 1.165) is 17.7 Å². The van der Waals surface area contributed by atoms with Crippen molar-refractivity contribution < 1.29 is 4.92 Å². The maximum absolute atomic E-state index is 10.8. The number of nitrogens with zero attached hydrogens (tertiary/aromatic N) is 1. The Morgan fingerprint density at radius 1 is 1.39 bits per heavy atom. The molecule has 0 aliphatic rings. The largest absolute Gasteiger partial charge is 0.382 e. The zero-order valence-corrected chi connectivity index (χ0v) is 11.9. The normalized spacial score (nSPS) is 12.6. The summed E-state index contributed by atoms with van der Waals surface area (Å²) < 4.78 is 0. The van der Waals surface area contributed by atoms with Gasteiger partial charge >= 0.3 is 0 Å². The Bertz CT molecular complexity index is 447. The molecule has 0 heterocycles. The minimum atomic E-state index is -0.462. The molecular formula is C13H19ClN2O2. The minimum absolute atomic E-state index is 0.0452. The van der Waals surface area contributed by atoms with E-state index in [1.807, 2.05) is 6.92 Å². The van der Waals surface area contributed by atoms with Crippen molar-refractivity contribution in [2.75, 3.05) is 5.32 Å². The minimum Gasteiger partial charge on any atom is -0.382 e. The first-order valence-corrected chi connectivity index (χ1v) is 6.40. The van der Waals surface area contributed by atoms with Crippen LogP contribution in [0.2, 0.25) is 5.02 Å². The van der Waals surface area contributed by atoms with Crippen LogP contribution in [-0.2, 0) is 0 Å². The lowest BCUT2D eigenvalue weighted by Gasteiger charge is -2.19. The summed E-state index contributed by atoms with van der Waals surface area (Å²) in [4.78, 5) is 10.3. The van der Waals surface area contributed by atoms with E-state index >= 15 is 0 Å². The zero-order chi connectivity index (χ0) is 13.9. The first kappa shape index (κ1) is 14.8. The second-order valence-corrected chi connectivity index (χ2v) is 5.46. The predicted octanol–water partition coefficient (Wildman–Crippen LogP) is 4.40. The van der Waals surface area contributed by atoms with Crippen LogP contribution in [0, 0.1) is 23.0 Å². The number of rotatable bonds is 5. The van der Waals surface area contributed by atoms with E-state index in [9.17, 15) is 10.1 Å². The lowest BCUT2D eigenvalue weighted by molar-refractivity contribution is -0.384. The van der Waals surface area contributed by atoms with Crippen molar-refractivity contribution in [1.82, 2.24) is 0 Å². The Hall–Kier alpha value is -1.29. The van der Waals surface area contributed by atoms with Gasteiger partial charge in [-0.3, -0.25) is 10.1 Å². The highest BCUT2D eigenvalue weighted by Crippen LogP contribution is 2.31. The van der Waals surface area contributed by atoms with E-state index in [4.69, 9.17) is 11.6 Å². The van der Waals surface area contributed by atoms with Gasteiger partial charge in [0.2, 0.25) is 0 Å². The third-order valence-electron chi connectivity index (χ3n) is 2.72. The summed E-state index contributed by atoms with van der Waals surface area (Å²) in [5.74, 6) is 0.598. The van der Waals surface area contributed by atoms with Crippen molar-refractivity contribution in [3.8, 4) is 0 Å². The number of nitro benzene ring substituents is 1. The highest BCUT2D eigenvalue weighted by Gasteiger charge is 2.16. The molecule has 0 saturated carbocycles. The Morgan fingerprint density at radius 2 is 2.00 bits per heavy atom. The number of hydrogen-bond acceptors (Lipinski definition) is 3. The summed E-state index contributed by atoms with van der Waals surface area (Å²) in [7, 11) is 0. The number of aryl methyl sites for hydroxylation is 1. The summed E-state index contributed by atoms with van der Waals surface area (Å²) in [6.45, 7) is 8.25. The Kier molecular flexibility index (Phi) is 4.96. The average molecular weight is 271 g/mol. The Labute approximate surface area is 112 Å². The van der Waals surface area contributed by atoms with Crippen LogP contribution in [0.4, 0.5) is 11.4 Å². The zero-order valence-electron chi connectivity index (χ0n) is 11.2. The van der Waals surface area contributed by atoms with E-state index in [1.165, 1.54) is 6.07 Å². The SMILES string of the molecule is Cc1cc([N+](=O)[O-])c(Cl)cc1NC(C)CC(C)C.